The summed E-state index contributed by atoms with van der Waals surface area (Å²) in [7, 11) is 2.08. The summed E-state index contributed by atoms with van der Waals surface area (Å²) in [4.78, 5) is 11.9. The zero-order chi connectivity index (χ0) is 18.9. The van der Waals surface area contributed by atoms with E-state index in [0.717, 1.165) is 35.6 Å². The molecule has 2 aromatic heterocycles. The van der Waals surface area contributed by atoms with Crippen molar-refractivity contribution < 1.29 is 4.42 Å². The molecule has 0 spiro atoms. The van der Waals surface area contributed by atoms with E-state index in [2.05, 4.69) is 64.0 Å². The van der Waals surface area contributed by atoms with E-state index in [1.54, 1.807) is 6.26 Å². The second kappa shape index (κ2) is 7.24. The fourth-order valence-corrected chi connectivity index (χ4v) is 3.98. The predicted molar refractivity (Wildman–Crippen MR) is 110 cm³/mol. The highest BCUT2D eigenvalue weighted by atomic mass is 16.3. The van der Waals surface area contributed by atoms with Crippen LogP contribution >= 0.6 is 0 Å². The third kappa shape index (κ3) is 3.34. The van der Waals surface area contributed by atoms with Crippen molar-refractivity contribution in [3.8, 4) is 11.5 Å². The number of nitrogens with zero attached hydrogens (tertiary/aromatic N) is 4. The number of rotatable bonds is 5. The summed E-state index contributed by atoms with van der Waals surface area (Å²) < 4.78 is 7.89. The maximum atomic E-state index is 5.72. The van der Waals surface area contributed by atoms with E-state index in [1.165, 1.54) is 37.0 Å². The van der Waals surface area contributed by atoms with Gasteiger partial charge in [-0.15, -0.1) is 0 Å². The molecule has 0 radical (unpaired) electrons. The minimum Gasteiger partial charge on any atom is -0.444 e. The van der Waals surface area contributed by atoms with E-state index in [9.17, 15) is 0 Å². The number of para-hydroxylation sites is 2. The number of imidazole rings is 1. The molecule has 28 heavy (non-hydrogen) atoms. The fourth-order valence-electron chi connectivity index (χ4n) is 3.98. The standard InChI is InChI=1S/C23H24N4O/c1-26-21-7-3-2-6-20(21)25-22(26)14-17-8-10-18(11-9-17)23-24-19(16-28-23)15-27-12-4-5-13-27/h2-3,6-11,16H,4-5,12-15H2,1H3. The Kier molecular flexibility index (Phi) is 4.45. The molecule has 5 nitrogen and oxygen atoms in total. The molecule has 0 unspecified atom stereocenters. The van der Waals surface area contributed by atoms with Crippen LogP contribution in [0.15, 0.2) is 59.2 Å². The summed E-state index contributed by atoms with van der Waals surface area (Å²) >= 11 is 0. The summed E-state index contributed by atoms with van der Waals surface area (Å²) in [5, 5.41) is 0. The van der Waals surface area contributed by atoms with Crippen molar-refractivity contribution >= 4 is 11.0 Å². The lowest BCUT2D eigenvalue weighted by atomic mass is 10.1. The second-order valence-electron chi connectivity index (χ2n) is 7.58. The molecule has 0 atom stereocenters. The third-order valence-corrected chi connectivity index (χ3v) is 5.58. The number of oxazole rings is 1. The highest BCUT2D eigenvalue weighted by molar-refractivity contribution is 5.75. The van der Waals surface area contributed by atoms with Gasteiger partial charge in [0.1, 0.15) is 12.1 Å². The lowest BCUT2D eigenvalue weighted by molar-refractivity contribution is 0.327. The van der Waals surface area contributed by atoms with Gasteiger partial charge in [-0.25, -0.2) is 9.97 Å². The van der Waals surface area contributed by atoms with Crippen LogP contribution in [-0.4, -0.2) is 32.5 Å². The Morgan fingerprint density at radius 1 is 0.964 bits per heavy atom. The molecule has 1 fully saturated rings. The number of likely N-dealkylation sites (tertiary alicyclic amines) is 1. The zero-order valence-electron chi connectivity index (χ0n) is 16.1. The molecule has 1 aliphatic heterocycles. The molecule has 0 aliphatic carbocycles. The molecular formula is C23H24N4O. The summed E-state index contributed by atoms with van der Waals surface area (Å²) in [6.45, 7) is 3.21. The molecule has 0 saturated carbocycles. The number of aromatic nitrogens is 3. The molecule has 1 saturated heterocycles. The van der Waals surface area contributed by atoms with Gasteiger partial charge in [-0.3, -0.25) is 4.90 Å². The quantitative estimate of drug-likeness (QED) is 0.520. The van der Waals surface area contributed by atoms with Gasteiger partial charge in [0.25, 0.3) is 0 Å². The van der Waals surface area contributed by atoms with Crippen molar-refractivity contribution in [3.05, 3.63) is 71.9 Å². The summed E-state index contributed by atoms with van der Waals surface area (Å²) in [5.74, 6) is 1.77. The second-order valence-corrected chi connectivity index (χ2v) is 7.58. The van der Waals surface area contributed by atoms with Gasteiger partial charge < -0.3 is 8.98 Å². The Bertz CT molecular complexity index is 1090. The van der Waals surface area contributed by atoms with Crippen molar-refractivity contribution in [2.45, 2.75) is 25.8 Å². The number of fused-ring (bicyclic) bond motifs is 1. The van der Waals surface area contributed by atoms with Gasteiger partial charge in [-0.2, -0.15) is 0 Å². The first-order valence-electron chi connectivity index (χ1n) is 9.93. The first-order chi connectivity index (χ1) is 13.8. The lowest BCUT2D eigenvalue weighted by Gasteiger charge is -2.11. The molecule has 0 N–H and O–H groups in total. The first kappa shape index (κ1) is 17.2. The van der Waals surface area contributed by atoms with Crippen LogP contribution in [0.2, 0.25) is 0 Å². The highest BCUT2D eigenvalue weighted by Gasteiger charge is 2.15. The van der Waals surface area contributed by atoms with Gasteiger partial charge >= 0.3 is 0 Å². The SMILES string of the molecule is Cn1c(Cc2ccc(-c3nc(CN4CCCC4)co3)cc2)nc2ccccc21. The maximum Gasteiger partial charge on any atom is 0.226 e. The largest absolute Gasteiger partial charge is 0.444 e. The van der Waals surface area contributed by atoms with Crippen LogP contribution in [0.4, 0.5) is 0 Å². The smallest absolute Gasteiger partial charge is 0.226 e. The summed E-state index contributed by atoms with van der Waals surface area (Å²) in [6.07, 6.45) is 5.17. The number of hydrogen-bond donors (Lipinski definition) is 0. The Balaban J connectivity index is 1.31. The van der Waals surface area contributed by atoms with Crippen molar-refractivity contribution in [3.63, 3.8) is 0 Å². The molecule has 142 valence electrons. The minimum absolute atomic E-state index is 0.698. The molecule has 5 rings (SSSR count). The molecule has 0 amide bonds. The van der Waals surface area contributed by atoms with Crippen molar-refractivity contribution in [1.29, 1.82) is 0 Å². The average Bonchev–Trinajstić information content (AvgIpc) is 3.46. The van der Waals surface area contributed by atoms with E-state index in [4.69, 9.17) is 9.40 Å². The molecule has 5 heteroatoms. The van der Waals surface area contributed by atoms with Crippen LogP contribution in [0.25, 0.3) is 22.5 Å². The van der Waals surface area contributed by atoms with E-state index >= 15 is 0 Å². The Hall–Kier alpha value is -2.92. The van der Waals surface area contributed by atoms with Crippen LogP contribution < -0.4 is 0 Å². The van der Waals surface area contributed by atoms with Crippen molar-refractivity contribution in [1.82, 2.24) is 19.4 Å². The minimum atomic E-state index is 0.698. The van der Waals surface area contributed by atoms with Crippen LogP contribution in [0.5, 0.6) is 0 Å². The van der Waals surface area contributed by atoms with Crippen molar-refractivity contribution in [2.24, 2.45) is 7.05 Å². The van der Waals surface area contributed by atoms with Crippen LogP contribution in [0.3, 0.4) is 0 Å². The van der Waals surface area contributed by atoms with E-state index in [0.29, 0.717) is 5.89 Å². The zero-order valence-corrected chi connectivity index (χ0v) is 16.1. The van der Waals surface area contributed by atoms with E-state index in [1.807, 2.05) is 6.07 Å². The van der Waals surface area contributed by atoms with Gasteiger partial charge in [0.05, 0.1) is 16.7 Å². The normalized spacial score (nSPS) is 14.9. The van der Waals surface area contributed by atoms with Crippen molar-refractivity contribution in [2.75, 3.05) is 13.1 Å². The number of benzene rings is 2. The molecule has 3 heterocycles. The van der Waals surface area contributed by atoms with Gasteiger partial charge in [-0.1, -0.05) is 24.3 Å². The van der Waals surface area contributed by atoms with Gasteiger partial charge in [0.15, 0.2) is 0 Å². The van der Waals surface area contributed by atoms with Crippen LogP contribution in [0.1, 0.15) is 29.9 Å². The highest BCUT2D eigenvalue weighted by Crippen LogP contribution is 2.22. The topological polar surface area (TPSA) is 47.1 Å². The monoisotopic (exact) mass is 372 g/mol. The molecule has 4 aromatic rings. The van der Waals surface area contributed by atoms with Gasteiger partial charge in [0, 0.05) is 25.6 Å². The average molecular weight is 372 g/mol. The first-order valence-corrected chi connectivity index (χ1v) is 9.93. The lowest BCUT2D eigenvalue weighted by Crippen LogP contribution is -2.18. The summed E-state index contributed by atoms with van der Waals surface area (Å²) in [6, 6.07) is 16.7. The maximum absolute atomic E-state index is 5.72. The predicted octanol–water partition coefficient (Wildman–Crippen LogP) is 4.41. The van der Waals surface area contributed by atoms with E-state index < -0.39 is 0 Å². The van der Waals surface area contributed by atoms with Gasteiger partial charge in [-0.05, 0) is 55.8 Å². The van der Waals surface area contributed by atoms with E-state index in [-0.39, 0.29) is 0 Å². The summed E-state index contributed by atoms with van der Waals surface area (Å²) in [5.41, 5.74) is 5.47. The Labute approximate surface area is 164 Å². The Morgan fingerprint density at radius 2 is 1.75 bits per heavy atom. The Morgan fingerprint density at radius 3 is 2.54 bits per heavy atom. The third-order valence-electron chi connectivity index (χ3n) is 5.58. The molecule has 0 bridgehead atoms. The molecule has 1 aliphatic rings. The molecular weight excluding hydrogens is 348 g/mol. The van der Waals surface area contributed by atoms with Gasteiger partial charge in [0.2, 0.25) is 5.89 Å². The molecule has 2 aromatic carbocycles. The fraction of sp³-hybridized carbons (Fsp3) is 0.304. The number of hydrogen-bond acceptors (Lipinski definition) is 4. The number of aryl methyl sites for hydroxylation is 1. The van der Waals surface area contributed by atoms with Crippen LogP contribution in [0, 0.1) is 0 Å². The van der Waals surface area contributed by atoms with Crippen LogP contribution in [-0.2, 0) is 20.0 Å².